The molecule has 0 aromatic heterocycles. The number of aliphatic imine (C=N–C) groups is 1. The standard InChI is InChI=1S/C33H34BFN5O2/c1-7-21(6)38-18-28-30-27(16-17-39(28)33(41)25-14-15-26(34)24(8-2)31(25)36-9-3)40(37-32(30)42-29(35)19-38)23-12-10-22(11-13-23)20(4)5/h7-15,20,28-29H,1-3,6,16-19H2,4-5H3/q+1. The first kappa shape index (κ1) is 29.2. The number of hydrogen-bond acceptors (Lipinski definition) is 5. The van der Waals surface area contributed by atoms with Gasteiger partial charge in [-0.1, -0.05) is 62.6 Å². The van der Waals surface area contributed by atoms with Gasteiger partial charge in [0.2, 0.25) is 5.69 Å². The van der Waals surface area contributed by atoms with Crippen LogP contribution in [0.15, 0.2) is 119 Å². The lowest BCUT2D eigenvalue weighted by molar-refractivity contribution is -0.488. The molecular formula is C33H34BFN5O2+. The largest absolute Gasteiger partial charge is 0.437 e. The summed E-state index contributed by atoms with van der Waals surface area (Å²) in [6.45, 7) is 20.3. The summed E-state index contributed by atoms with van der Waals surface area (Å²) in [5.41, 5.74) is 4.47. The number of rotatable bonds is 7. The summed E-state index contributed by atoms with van der Waals surface area (Å²) in [5, 5.41) is 4.75. The van der Waals surface area contributed by atoms with E-state index in [9.17, 15) is 4.79 Å². The molecule has 2 unspecified atom stereocenters. The molecule has 1 aromatic rings. The zero-order valence-corrected chi connectivity index (χ0v) is 24.1. The molecule has 1 amide bonds. The fourth-order valence-electron chi connectivity index (χ4n) is 5.66. The van der Waals surface area contributed by atoms with Crippen molar-refractivity contribution in [1.82, 2.24) is 9.80 Å². The molecule has 5 rings (SSSR count). The number of carbonyl (C=O) groups excluding carboxylic acids is 1. The summed E-state index contributed by atoms with van der Waals surface area (Å²) in [6, 6.07) is 8.50. The van der Waals surface area contributed by atoms with E-state index in [2.05, 4.69) is 57.3 Å². The maximum Gasteiger partial charge on any atom is 0.295 e. The van der Waals surface area contributed by atoms with Crippen LogP contribution in [0.3, 0.4) is 0 Å². The topological polar surface area (TPSA) is 60.5 Å². The van der Waals surface area contributed by atoms with Gasteiger partial charge in [0, 0.05) is 48.7 Å². The molecule has 9 heteroatoms. The Morgan fingerprint density at radius 2 is 1.95 bits per heavy atom. The molecule has 1 saturated heterocycles. The van der Waals surface area contributed by atoms with E-state index in [-0.39, 0.29) is 24.9 Å². The van der Waals surface area contributed by atoms with Crippen LogP contribution < -0.4 is 0 Å². The Bertz CT molecular complexity index is 1490. The van der Waals surface area contributed by atoms with Gasteiger partial charge in [0.1, 0.15) is 13.4 Å². The smallest absolute Gasteiger partial charge is 0.295 e. The van der Waals surface area contributed by atoms with Crippen molar-refractivity contribution in [3.63, 3.8) is 0 Å². The maximum atomic E-state index is 15.3. The summed E-state index contributed by atoms with van der Waals surface area (Å²) in [6.07, 6.45) is 6.69. The summed E-state index contributed by atoms with van der Waals surface area (Å²) in [7, 11) is 6.18. The molecule has 1 fully saturated rings. The molecule has 0 saturated carbocycles. The lowest BCUT2D eigenvalue weighted by Crippen LogP contribution is -2.55. The number of benzene rings is 1. The molecule has 4 aliphatic rings. The number of hydrogen-bond donors (Lipinski definition) is 0. The Balaban J connectivity index is 1.57. The lowest BCUT2D eigenvalue weighted by atomic mass is 9.75. The van der Waals surface area contributed by atoms with E-state index in [1.807, 2.05) is 16.8 Å². The fourth-order valence-corrected chi connectivity index (χ4v) is 5.66. The molecule has 7 nitrogen and oxygen atoms in total. The highest BCUT2D eigenvalue weighted by atomic mass is 19.1. The average molecular weight is 562 g/mol. The molecule has 212 valence electrons. The quantitative estimate of drug-likeness (QED) is 0.235. The van der Waals surface area contributed by atoms with Gasteiger partial charge in [0.15, 0.2) is 0 Å². The molecule has 3 heterocycles. The van der Waals surface area contributed by atoms with E-state index < -0.39 is 12.4 Å². The van der Waals surface area contributed by atoms with Gasteiger partial charge >= 0.3 is 0 Å². The van der Waals surface area contributed by atoms with Gasteiger partial charge in [-0.3, -0.25) is 9.79 Å². The molecular weight excluding hydrogens is 528 g/mol. The second-order valence-electron chi connectivity index (χ2n) is 10.7. The third-order valence-corrected chi connectivity index (χ3v) is 7.90. The SMILES string of the molecule is [B]C1=CC=C(C(=O)N2CC[C]3C4=C(N=[N+]3c3ccc(C(C)C)cc3)OC(F)CN(C(=C)C=C)CC42)C(=NC=C)[C]1C=C. The lowest BCUT2D eigenvalue weighted by Gasteiger charge is -2.42. The van der Waals surface area contributed by atoms with Crippen molar-refractivity contribution in [1.29, 1.82) is 0 Å². The van der Waals surface area contributed by atoms with Gasteiger partial charge in [-0.25, -0.2) is 0 Å². The minimum Gasteiger partial charge on any atom is -0.437 e. The Labute approximate surface area is 248 Å². The first-order valence-corrected chi connectivity index (χ1v) is 13.9. The normalized spacial score (nSPS) is 23.8. The van der Waals surface area contributed by atoms with Crippen molar-refractivity contribution in [3.05, 3.63) is 127 Å². The maximum absolute atomic E-state index is 15.3. The Morgan fingerprint density at radius 3 is 2.60 bits per heavy atom. The number of nitrogens with zero attached hydrogens (tertiary/aromatic N) is 5. The van der Waals surface area contributed by atoms with Crippen molar-refractivity contribution in [2.75, 3.05) is 19.6 Å². The van der Waals surface area contributed by atoms with Crippen LogP contribution in [0.5, 0.6) is 0 Å². The van der Waals surface area contributed by atoms with Gasteiger partial charge in [-0.15, -0.1) is 12.1 Å². The summed E-state index contributed by atoms with van der Waals surface area (Å²) in [4.78, 5) is 22.2. The van der Waals surface area contributed by atoms with E-state index in [0.717, 1.165) is 11.7 Å². The van der Waals surface area contributed by atoms with Crippen LogP contribution in [0.4, 0.5) is 10.1 Å². The zero-order chi connectivity index (χ0) is 30.1. The minimum absolute atomic E-state index is 0.0896. The van der Waals surface area contributed by atoms with Gasteiger partial charge < -0.3 is 14.5 Å². The molecule has 0 spiro atoms. The van der Waals surface area contributed by atoms with Crippen molar-refractivity contribution in [3.8, 4) is 0 Å². The van der Waals surface area contributed by atoms with E-state index in [1.54, 1.807) is 34.1 Å². The van der Waals surface area contributed by atoms with E-state index in [0.29, 0.717) is 52.8 Å². The summed E-state index contributed by atoms with van der Waals surface area (Å²) >= 11 is 0. The average Bonchev–Trinajstić information content (AvgIpc) is 3.33. The van der Waals surface area contributed by atoms with Crippen molar-refractivity contribution < 1.29 is 18.6 Å². The molecule has 1 aromatic carbocycles. The van der Waals surface area contributed by atoms with Gasteiger partial charge in [0.05, 0.1) is 29.8 Å². The third-order valence-electron chi connectivity index (χ3n) is 7.90. The summed E-state index contributed by atoms with van der Waals surface area (Å²) in [5.74, 6) is 0.860. The molecule has 4 radical (unpaired) electrons. The van der Waals surface area contributed by atoms with Crippen LogP contribution in [0.25, 0.3) is 0 Å². The Kier molecular flexibility index (Phi) is 8.30. The van der Waals surface area contributed by atoms with Gasteiger partial charge in [0.25, 0.3) is 24.2 Å². The second-order valence-corrected chi connectivity index (χ2v) is 10.7. The first-order chi connectivity index (χ1) is 20.2. The van der Waals surface area contributed by atoms with Crippen LogP contribution in [0.1, 0.15) is 31.7 Å². The molecule has 0 bridgehead atoms. The monoisotopic (exact) mass is 562 g/mol. The van der Waals surface area contributed by atoms with E-state index in [1.165, 1.54) is 11.8 Å². The van der Waals surface area contributed by atoms with Crippen LogP contribution in [-0.4, -0.2) is 66.0 Å². The van der Waals surface area contributed by atoms with E-state index >= 15 is 4.39 Å². The molecule has 3 aliphatic heterocycles. The predicted molar refractivity (Wildman–Crippen MR) is 163 cm³/mol. The second kappa shape index (κ2) is 11.9. The first-order valence-electron chi connectivity index (χ1n) is 13.9. The number of likely N-dealkylation sites (tertiary alicyclic amines) is 1. The molecule has 2 atom stereocenters. The predicted octanol–water partition coefficient (Wildman–Crippen LogP) is 5.93. The fraction of sp³-hybridized carbons (Fsp3) is 0.273. The number of piperidine rings is 1. The van der Waals surface area contributed by atoms with Crippen molar-refractivity contribution in [2.45, 2.75) is 38.6 Å². The van der Waals surface area contributed by atoms with Gasteiger partial charge in [-0.2, -0.15) is 4.39 Å². The minimum atomic E-state index is -1.66. The number of alkyl halides is 1. The number of azo groups is 2. The van der Waals surface area contributed by atoms with Crippen LogP contribution in [-0.2, 0) is 9.53 Å². The molecule has 0 N–H and O–H groups in total. The van der Waals surface area contributed by atoms with Crippen LogP contribution >= 0.6 is 0 Å². The Morgan fingerprint density at radius 1 is 1.21 bits per heavy atom. The van der Waals surface area contributed by atoms with E-state index in [4.69, 9.17) is 17.7 Å². The number of amides is 1. The van der Waals surface area contributed by atoms with Crippen LogP contribution in [0, 0.1) is 12.0 Å². The number of allylic oxidation sites excluding steroid dienone is 5. The third kappa shape index (κ3) is 5.24. The van der Waals surface area contributed by atoms with Gasteiger partial charge in [-0.05, 0) is 23.6 Å². The van der Waals surface area contributed by atoms with Crippen molar-refractivity contribution in [2.24, 2.45) is 10.1 Å². The van der Waals surface area contributed by atoms with Crippen LogP contribution in [0.2, 0.25) is 0 Å². The summed E-state index contributed by atoms with van der Waals surface area (Å²) < 4.78 is 22.9. The number of halogens is 1. The molecule has 42 heavy (non-hydrogen) atoms. The highest BCUT2D eigenvalue weighted by Gasteiger charge is 2.53. The Hall–Kier alpha value is -4.27. The zero-order valence-electron chi connectivity index (χ0n) is 24.1. The highest BCUT2D eigenvalue weighted by Crippen LogP contribution is 2.44. The van der Waals surface area contributed by atoms with Crippen molar-refractivity contribution >= 4 is 25.2 Å². The highest BCUT2D eigenvalue weighted by molar-refractivity contribution is 6.37. The number of carbonyl (C=O) groups is 1. The number of ether oxygens (including phenoxy) is 1. The molecule has 1 aliphatic carbocycles.